The SMILES string of the molecule is O=C(NCC(C1CCOC1)N1CCOCC1)C1CC(=O)N(Cc2ccccc2)C1. The van der Waals surface area contributed by atoms with Gasteiger partial charge in [0.25, 0.3) is 0 Å². The predicted octanol–water partition coefficient (Wildman–Crippen LogP) is 0.889. The number of hydrogen-bond donors (Lipinski definition) is 1. The number of rotatable bonds is 7. The Hall–Kier alpha value is -1.96. The molecule has 0 radical (unpaired) electrons. The highest BCUT2D eigenvalue weighted by molar-refractivity contribution is 5.89. The Kier molecular flexibility index (Phi) is 6.79. The summed E-state index contributed by atoms with van der Waals surface area (Å²) in [5.74, 6) is 0.221. The number of nitrogens with one attached hydrogen (secondary N) is 1. The summed E-state index contributed by atoms with van der Waals surface area (Å²) in [6, 6.07) is 10.2. The fourth-order valence-corrected chi connectivity index (χ4v) is 4.61. The Morgan fingerprint density at radius 3 is 2.66 bits per heavy atom. The Morgan fingerprint density at radius 1 is 1.14 bits per heavy atom. The van der Waals surface area contributed by atoms with E-state index in [-0.39, 0.29) is 23.8 Å². The molecule has 1 N–H and O–H groups in total. The van der Waals surface area contributed by atoms with Crippen LogP contribution in [0.4, 0.5) is 0 Å². The first-order chi connectivity index (χ1) is 14.2. The van der Waals surface area contributed by atoms with Crippen LogP contribution in [0.25, 0.3) is 0 Å². The van der Waals surface area contributed by atoms with E-state index in [1.807, 2.05) is 30.3 Å². The van der Waals surface area contributed by atoms with E-state index in [0.717, 1.165) is 51.5 Å². The van der Waals surface area contributed by atoms with Gasteiger partial charge in [0.1, 0.15) is 0 Å². The number of nitrogens with zero attached hydrogens (tertiary/aromatic N) is 2. The molecule has 3 fully saturated rings. The average Bonchev–Trinajstić information content (AvgIpc) is 3.40. The molecule has 1 aromatic rings. The molecule has 3 unspecified atom stereocenters. The molecule has 3 aliphatic heterocycles. The number of amides is 2. The molecule has 0 aliphatic carbocycles. The highest BCUT2D eigenvalue weighted by Crippen LogP contribution is 2.23. The summed E-state index contributed by atoms with van der Waals surface area (Å²) in [7, 11) is 0. The van der Waals surface area contributed by atoms with Gasteiger partial charge in [-0.05, 0) is 12.0 Å². The zero-order valence-corrected chi connectivity index (χ0v) is 16.9. The van der Waals surface area contributed by atoms with Gasteiger partial charge < -0.3 is 19.7 Å². The molecule has 3 aliphatic rings. The lowest BCUT2D eigenvalue weighted by atomic mass is 9.96. The first kappa shape index (κ1) is 20.3. The van der Waals surface area contributed by atoms with Crippen molar-refractivity contribution < 1.29 is 19.1 Å². The molecular formula is C22H31N3O4. The quantitative estimate of drug-likeness (QED) is 0.735. The van der Waals surface area contributed by atoms with Crippen LogP contribution in [0, 0.1) is 11.8 Å². The highest BCUT2D eigenvalue weighted by atomic mass is 16.5. The smallest absolute Gasteiger partial charge is 0.225 e. The van der Waals surface area contributed by atoms with Crippen molar-refractivity contribution in [3.05, 3.63) is 35.9 Å². The van der Waals surface area contributed by atoms with E-state index < -0.39 is 0 Å². The average molecular weight is 402 g/mol. The largest absolute Gasteiger partial charge is 0.381 e. The first-order valence-electron chi connectivity index (χ1n) is 10.7. The van der Waals surface area contributed by atoms with Crippen molar-refractivity contribution in [1.29, 1.82) is 0 Å². The lowest BCUT2D eigenvalue weighted by molar-refractivity contribution is -0.129. The van der Waals surface area contributed by atoms with Crippen LogP contribution in [0.15, 0.2) is 30.3 Å². The Bertz CT molecular complexity index is 687. The fraction of sp³-hybridized carbons (Fsp3) is 0.636. The summed E-state index contributed by atoms with van der Waals surface area (Å²) in [5.41, 5.74) is 1.09. The summed E-state index contributed by atoms with van der Waals surface area (Å²) in [6.45, 7) is 6.49. The molecule has 0 bridgehead atoms. The lowest BCUT2D eigenvalue weighted by Crippen LogP contribution is -2.53. The van der Waals surface area contributed by atoms with Gasteiger partial charge in [0.05, 0.1) is 25.7 Å². The summed E-state index contributed by atoms with van der Waals surface area (Å²) in [6.07, 6.45) is 1.33. The van der Waals surface area contributed by atoms with Gasteiger partial charge >= 0.3 is 0 Å². The maximum absolute atomic E-state index is 12.8. The van der Waals surface area contributed by atoms with Gasteiger partial charge in [-0.2, -0.15) is 0 Å². The third-order valence-corrected chi connectivity index (χ3v) is 6.31. The number of morpholine rings is 1. The molecule has 0 aromatic heterocycles. The molecule has 7 nitrogen and oxygen atoms in total. The summed E-state index contributed by atoms with van der Waals surface area (Å²) in [5, 5.41) is 3.15. The topological polar surface area (TPSA) is 71.1 Å². The van der Waals surface area contributed by atoms with Crippen molar-refractivity contribution in [2.45, 2.75) is 25.4 Å². The lowest BCUT2D eigenvalue weighted by Gasteiger charge is -2.37. The van der Waals surface area contributed by atoms with Crippen LogP contribution in [0.5, 0.6) is 0 Å². The second-order valence-electron chi connectivity index (χ2n) is 8.25. The van der Waals surface area contributed by atoms with E-state index in [9.17, 15) is 9.59 Å². The maximum Gasteiger partial charge on any atom is 0.225 e. The number of carbonyl (C=O) groups is 2. The van der Waals surface area contributed by atoms with Crippen LogP contribution in [0.2, 0.25) is 0 Å². The highest BCUT2D eigenvalue weighted by Gasteiger charge is 2.36. The number of hydrogen-bond acceptors (Lipinski definition) is 5. The van der Waals surface area contributed by atoms with Gasteiger partial charge in [-0.1, -0.05) is 30.3 Å². The predicted molar refractivity (Wildman–Crippen MR) is 108 cm³/mol. The van der Waals surface area contributed by atoms with E-state index >= 15 is 0 Å². The van der Waals surface area contributed by atoms with Crippen molar-refractivity contribution in [3.8, 4) is 0 Å². The second-order valence-corrected chi connectivity index (χ2v) is 8.25. The van der Waals surface area contributed by atoms with E-state index in [2.05, 4.69) is 10.2 Å². The number of likely N-dealkylation sites (tertiary alicyclic amines) is 1. The monoisotopic (exact) mass is 401 g/mol. The molecule has 0 spiro atoms. The molecule has 4 rings (SSSR count). The van der Waals surface area contributed by atoms with E-state index in [1.54, 1.807) is 4.90 Å². The van der Waals surface area contributed by atoms with Crippen molar-refractivity contribution in [2.24, 2.45) is 11.8 Å². The molecule has 29 heavy (non-hydrogen) atoms. The second kappa shape index (κ2) is 9.69. The van der Waals surface area contributed by atoms with Crippen molar-refractivity contribution in [2.75, 3.05) is 52.6 Å². The molecule has 3 heterocycles. The Morgan fingerprint density at radius 2 is 1.93 bits per heavy atom. The van der Waals surface area contributed by atoms with Gasteiger partial charge in [-0.25, -0.2) is 0 Å². The fourth-order valence-electron chi connectivity index (χ4n) is 4.61. The number of ether oxygens (including phenoxy) is 2. The molecule has 0 saturated carbocycles. The molecular weight excluding hydrogens is 370 g/mol. The Balaban J connectivity index is 1.31. The third kappa shape index (κ3) is 5.15. The standard InChI is InChI=1S/C22H31N3O4/c26-21-12-19(15-25(21)14-17-4-2-1-3-5-17)22(27)23-13-20(18-6-9-29-16-18)24-7-10-28-11-8-24/h1-5,18-20H,6-16H2,(H,23,27). The van der Waals surface area contributed by atoms with Crippen LogP contribution in [-0.4, -0.2) is 80.3 Å². The molecule has 3 saturated heterocycles. The zero-order chi connectivity index (χ0) is 20.1. The minimum Gasteiger partial charge on any atom is -0.381 e. The summed E-state index contributed by atoms with van der Waals surface area (Å²) in [4.78, 5) is 29.4. The van der Waals surface area contributed by atoms with E-state index in [1.165, 1.54) is 0 Å². The van der Waals surface area contributed by atoms with Crippen LogP contribution in [0.1, 0.15) is 18.4 Å². The van der Waals surface area contributed by atoms with Crippen molar-refractivity contribution >= 4 is 11.8 Å². The zero-order valence-electron chi connectivity index (χ0n) is 16.9. The normalized spacial score (nSPS) is 26.6. The Labute approximate surface area is 172 Å². The molecule has 3 atom stereocenters. The molecule has 1 aromatic carbocycles. The molecule has 2 amide bonds. The maximum atomic E-state index is 12.8. The van der Waals surface area contributed by atoms with Gasteiger partial charge in [-0.3, -0.25) is 14.5 Å². The van der Waals surface area contributed by atoms with Crippen LogP contribution in [0.3, 0.4) is 0 Å². The van der Waals surface area contributed by atoms with E-state index in [4.69, 9.17) is 9.47 Å². The van der Waals surface area contributed by atoms with Gasteiger partial charge in [0.2, 0.25) is 11.8 Å². The van der Waals surface area contributed by atoms with Crippen LogP contribution in [-0.2, 0) is 25.6 Å². The van der Waals surface area contributed by atoms with Crippen LogP contribution >= 0.6 is 0 Å². The summed E-state index contributed by atoms with van der Waals surface area (Å²) >= 11 is 0. The van der Waals surface area contributed by atoms with Crippen molar-refractivity contribution in [3.63, 3.8) is 0 Å². The molecule has 158 valence electrons. The van der Waals surface area contributed by atoms with Crippen molar-refractivity contribution in [1.82, 2.24) is 15.1 Å². The number of carbonyl (C=O) groups excluding carboxylic acids is 2. The van der Waals surface area contributed by atoms with Gasteiger partial charge in [0, 0.05) is 57.7 Å². The minimum absolute atomic E-state index is 0.00825. The third-order valence-electron chi connectivity index (χ3n) is 6.31. The van der Waals surface area contributed by atoms with Gasteiger partial charge in [0.15, 0.2) is 0 Å². The number of benzene rings is 1. The molecule has 7 heteroatoms. The first-order valence-corrected chi connectivity index (χ1v) is 10.7. The van der Waals surface area contributed by atoms with Crippen LogP contribution < -0.4 is 5.32 Å². The van der Waals surface area contributed by atoms with E-state index in [0.29, 0.717) is 32.0 Å². The van der Waals surface area contributed by atoms with Gasteiger partial charge in [-0.15, -0.1) is 0 Å². The minimum atomic E-state index is -0.267. The summed E-state index contributed by atoms with van der Waals surface area (Å²) < 4.78 is 11.1.